The summed E-state index contributed by atoms with van der Waals surface area (Å²) in [5, 5.41) is 9.29. The maximum Gasteiger partial charge on any atom is 0.172 e. The number of aromatic hydroxyl groups is 1. The highest BCUT2D eigenvalue weighted by atomic mass is 35.5. The van der Waals surface area contributed by atoms with E-state index in [-0.39, 0.29) is 5.75 Å². The van der Waals surface area contributed by atoms with E-state index < -0.39 is 6.10 Å². The molecular weight excluding hydrogens is 216 g/mol. The van der Waals surface area contributed by atoms with Crippen LogP contribution in [0.15, 0.2) is 24.3 Å². The van der Waals surface area contributed by atoms with Gasteiger partial charge in [0.2, 0.25) is 0 Å². The second kappa shape index (κ2) is 3.95. The monoisotopic (exact) mass is 224 g/mol. The van der Waals surface area contributed by atoms with E-state index >= 15 is 0 Å². The molecule has 0 aliphatic carbocycles. The van der Waals surface area contributed by atoms with Gasteiger partial charge in [-0.3, -0.25) is 4.79 Å². The van der Waals surface area contributed by atoms with E-state index in [9.17, 15) is 9.90 Å². The number of alkyl halides is 1. The zero-order valence-electron chi connectivity index (χ0n) is 7.81. The topological polar surface area (TPSA) is 46.5 Å². The molecule has 1 aromatic rings. The zero-order chi connectivity index (χ0) is 10.8. The van der Waals surface area contributed by atoms with Gasteiger partial charge in [-0.2, -0.15) is 0 Å². The molecule has 0 spiro atoms. The van der Waals surface area contributed by atoms with Crippen molar-refractivity contribution in [3.05, 3.63) is 29.8 Å². The fourth-order valence-corrected chi connectivity index (χ4v) is 1.76. The Kier molecular flexibility index (Phi) is 2.64. The van der Waals surface area contributed by atoms with Crippen LogP contribution in [-0.2, 0) is 4.79 Å². The molecule has 15 heavy (non-hydrogen) atoms. The molecular formula is C11H9ClO3. The average molecular weight is 225 g/mol. The van der Waals surface area contributed by atoms with Crippen LogP contribution in [-0.4, -0.2) is 23.4 Å². The third-order valence-corrected chi connectivity index (χ3v) is 2.51. The molecule has 1 unspecified atom stereocenters. The van der Waals surface area contributed by atoms with Gasteiger partial charge in [-0.1, -0.05) is 0 Å². The van der Waals surface area contributed by atoms with Gasteiger partial charge in [0.15, 0.2) is 12.4 Å². The van der Waals surface area contributed by atoms with Crippen molar-refractivity contribution in [3.8, 4) is 11.5 Å². The van der Waals surface area contributed by atoms with Crippen LogP contribution in [0.25, 0.3) is 5.57 Å². The highest BCUT2D eigenvalue weighted by Crippen LogP contribution is 2.34. The lowest BCUT2D eigenvalue weighted by Crippen LogP contribution is -2.20. The van der Waals surface area contributed by atoms with Crippen LogP contribution in [0.4, 0.5) is 0 Å². The second-order valence-electron chi connectivity index (χ2n) is 3.22. The van der Waals surface area contributed by atoms with Gasteiger partial charge in [-0.25, -0.2) is 0 Å². The van der Waals surface area contributed by atoms with Crippen LogP contribution in [0.1, 0.15) is 5.56 Å². The maximum absolute atomic E-state index is 10.6. The van der Waals surface area contributed by atoms with Crippen molar-refractivity contribution in [3.63, 3.8) is 0 Å². The summed E-state index contributed by atoms with van der Waals surface area (Å²) in [6.07, 6.45) is 1.76. The van der Waals surface area contributed by atoms with E-state index in [1.165, 1.54) is 6.07 Å². The quantitative estimate of drug-likeness (QED) is 0.617. The number of carbonyl (C=O) groups excluding carboxylic acids is 1. The number of hydrogen-bond donors (Lipinski definition) is 1. The first-order valence-electron chi connectivity index (χ1n) is 4.46. The van der Waals surface area contributed by atoms with Crippen molar-refractivity contribution < 1.29 is 14.6 Å². The Labute approximate surface area is 91.9 Å². The minimum absolute atomic E-state index is 0.106. The number of halogens is 1. The lowest BCUT2D eigenvalue weighted by Gasteiger charge is -2.21. The summed E-state index contributed by atoms with van der Waals surface area (Å²) in [5.74, 6) is 0.908. The fraction of sp³-hybridized carbons (Fsp3) is 0.182. The minimum Gasteiger partial charge on any atom is -0.508 e. The van der Waals surface area contributed by atoms with Gasteiger partial charge in [0, 0.05) is 17.5 Å². The number of benzene rings is 1. The number of hydrogen-bond acceptors (Lipinski definition) is 3. The van der Waals surface area contributed by atoms with Crippen molar-refractivity contribution in [1.82, 2.24) is 0 Å². The van der Waals surface area contributed by atoms with Crippen molar-refractivity contribution in [1.29, 1.82) is 0 Å². The fourth-order valence-electron chi connectivity index (χ4n) is 1.53. The Morgan fingerprint density at radius 1 is 1.53 bits per heavy atom. The van der Waals surface area contributed by atoms with Crippen LogP contribution < -0.4 is 4.74 Å². The molecule has 0 amide bonds. The maximum atomic E-state index is 10.6. The second-order valence-corrected chi connectivity index (χ2v) is 3.49. The Morgan fingerprint density at radius 2 is 2.33 bits per heavy atom. The molecule has 0 aromatic heterocycles. The summed E-state index contributed by atoms with van der Waals surface area (Å²) in [6.45, 7) is 0. The number of phenols is 1. The van der Waals surface area contributed by atoms with Gasteiger partial charge >= 0.3 is 0 Å². The number of fused-ring (bicyclic) bond motifs is 1. The van der Waals surface area contributed by atoms with Crippen LogP contribution in [0.5, 0.6) is 11.5 Å². The summed E-state index contributed by atoms with van der Waals surface area (Å²) in [5.41, 5.74) is 1.66. The van der Waals surface area contributed by atoms with Gasteiger partial charge in [-0.15, -0.1) is 11.6 Å². The zero-order valence-corrected chi connectivity index (χ0v) is 8.57. The van der Waals surface area contributed by atoms with Crippen LogP contribution in [0.3, 0.4) is 0 Å². The summed E-state index contributed by atoms with van der Waals surface area (Å²) in [6, 6.07) is 4.76. The molecule has 4 heteroatoms. The first-order valence-corrected chi connectivity index (χ1v) is 5.00. The van der Waals surface area contributed by atoms with Gasteiger partial charge in [0.25, 0.3) is 0 Å². The molecule has 2 rings (SSSR count). The largest absolute Gasteiger partial charge is 0.508 e. The summed E-state index contributed by atoms with van der Waals surface area (Å²) in [7, 11) is 0. The average Bonchev–Trinajstić information content (AvgIpc) is 2.26. The lowest BCUT2D eigenvalue weighted by atomic mass is 10.0. The molecule has 0 radical (unpaired) electrons. The predicted octanol–water partition coefficient (Wildman–Crippen LogP) is 1.97. The Hall–Kier alpha value is -1.48. The molecule has 1 heterocycles. The molecule has 0 saturated heterocycles. The van der Waals surface area contributed by atoms with Gasteiger partial charge in [-0.05, 0) is 23.8 Å². The Balaban J connectivity index is 2.49. The Bertz CT molecular complexity index is 426. The number of aldehydes is 1. The Morgan fingerprint density at radius 3 is 3.00 bits per heavy atom. The molecule has 78 valence electrons. The molecule has 1 aromatic carbocycles. The van der Waals surface area contributed by atoms with Gasteiger partial charge in [0.1, 0.15) is 11.5 Å². The highest BCUT2D eigenvalue weighted by molar-refractivity contribution is 6.23. The molecule has 3 nitrogen and oxygen atoms in total. The number of rotatable bonds is 2. The third-order valence-electron chi connectivity index (χ3n) is 2.22. The van der Waals surface area contributed by atoms with E-state index in [1.807, 2.05) is 0 Å². The van der Waals surface area contributed by atoms with E-state index in [4.69, 9.17) is 16.3 Å². The smallest absolute Gasteiger partial charge is 0.172 e. The SMILES string of the molecule is O=CC1C=C(CCl)c2ccc(O)cc2O1. The molecule has 1 N–H and O–H groups in total. The number of ether oxygens (including phenoxy) is 1. The molecule has 0 fully saturated rings. The molecule has 1 aliphatic heterocycles. The van der Waals surface area contributed by atoms with Gasteiger partial charge < -0.3 is 9.84 Å². The van der Waals surface area contributed by atoms with Crippen molar-refractivity contribution in [2.75, 3.05) is 5.88 Å². The summed E-state index contributed by atoms with van der Waals surface area (Å²) < 4.78 is 5.33. The molecule has 0 bridgehead atoms. The lowest BCUT2D eigenvalue weighted by molar-refractivity contribution is -0.112. The van der Waals surface area contributed by atoms with E-state index in [0.717, 1.165) is 11.1 Å². The van der Waals surface area contributed by atoms with Crippen LogP contribution in [0, 0.1) is 0 Å². The normalized spacial score (nSPS) is 18.7. The standard InChI is InChI=1S/C11H9ClO3/c12-5-7-3-9(6-13)15-11-4-8(14)1-2-10(7)11/h1-4,6,9,14H,5H2. The van der Waals surface area contributed by atoms with Crippen molar-refractivity contribution in [2.24, 2.45) is 0 Å². The molecule has 1 aliphatic rings. The van der Waals surface area contributed by atoms with Crippen LogP contribution >= 0.6 is 11.6 Å². The molecule has 0 saturated carbocycles. The number of phenolic OH excluding ortho intramolecular Hbond substituents is 1. The van der Waals surface area contributed by atoms with Crippen molar-refractivity contribution >= 4 is 23.5 Å². The van der Waals surface area contributed by atoms with Crippen LogP contribution in [0.2, 0.25) is 0 Å². The number of carbonyl (C=O) groups is 1. The minimum atomic E-state index is -0.618. The van der Waals surface area contributed by atoms with E-state index in [0.29, 0.717) is 17.9 Å². The summed E-state index contributed by atoms with van der Waals surface area (Å²) >= 11 is 5.77. The van der Waals surface area contributed by atoms with Gasteiger partial charge in [0.05, 0.1) is 0 Å². The summed E-state index contributed by atoms with van der Waals surface area (Å²) in [4.78, 5) is 10.6. The highest BCUT2D eigenvalue weighted by Gasteiger charge is 2.19. The predicted molar refractivity (Wildman–Crippen MR) is 57.3 cm³/mol. The first kappa shape index (κ1) is 10.1. The van der Waals surface area contributed by atoms with E-state index in [2.05, 4.69) is 0 Å². The first-order chi connectivity index (χ1) is 7.24. The van der Waals surface area contributed by atoms with Crippen molar-refractivity contribution in [2.45, 2.75) is 6.10 Å². The van der Waals surface area contributed by atoms with E-state index in [1.54, 1.807) is 18.2 Å². The number of allylic oxidation sites excluding steroid dienone is 1. The molecule has 1 atom stereocenters. The third kappa shape index (κ3) is 1.83.